The van der Waals surface area contributed by atoms with Crippen LogP contribution in [0.3, 0.4) is 0 Å². The molecule has 0 saturated heterocycles. The van der Waals surface area contributed by atoms with Gasteiger partial charge in [-0.2, -0.15) is 17.9 Å². The maximum absolute atomic E-state index is 12.0. The first-order valence-corrected chi connectivity index (χ1v) is 9.83. The highest BCUT2D eigenvalue weighted by molar-refractivity contribution is 7.87. The van der Waals surface area contributed by atoms with Crippen LogP contribution in [0.1, 0.15) is 30.6 Å². The van der Waals surface area contributed by atoms with E-state index < -0.39 is 10.2 Å². The fourth-order valence-corrected chi connectivity index (χ4v) is 4.85. The van der Waals surface area contributed by atoms with Crippen molar-refractivity contribution >= 4 is 21.5 Å². The summed E-state index contributed by atoms with van der Waals surface area (Å²) in [6.45, 7) is 0.333. The van der Waals surface area contributed by atoms with Crippen molar-refractivity contribution < 1.29 is 8.42 Å². The van der Waals surface area contributed by atoms with Gasteiger partial charge in [-0.3, -0.25) is 0 Å². The van der Waals surface area contributed by atoms with Gasteiger partial charge in [0.25, 0.3) is 10.2 Å². The third-order valence-corrected chi connectivity index (χ3v) is 6.14. The topological polar surface area (TPSA) is 58.2 Å². The van der Waals surface area contributed by atoms with Crippen molar-refractivity contribution in [3.63, 3.8) is 0 Å². The van der Waals surface area contributed by atoms with E-state index >= 15 is 0 Å². The molecule has 0 bridgehead atoms. The molecule has 1 fully saturated rings. The van der Waals surface area contributed by atoms with Gasteiger partial charge in [0, 0.05) is 22.3 Å². The normalized spacial score (nSPS) is 16.2. The largest absolute Gasteiger partial charge is 0.277 e. The molecule has 1 aromatic heterocycles. The zero-order chi connectivity index (χ0) is 15.4. The van der Waals surface area contributed by atoms with Crippen LogP contribution in [-0.2, 0) is 16.8 Å². The molecule has 1 saturated carbocycles. The van der Waals surface area contributed by atoms with Crippen molar-refractivity contribution in [2.24, 2.45) is 0 Å². The molecule has 0 spiro atoms. The predicted octanol–water partition coefficient (Wildman–Crippen LogP) is 3.28. The first-order chi connectivity index (χ1) is 10.6. The van der Waals surface area contributed by atoms with E-state index in [0.717, 1.165) is 41.0 Å². The second-order valence-electron chi connectivity index (χ2n) is 5.56. The van der Waals surface area contributed by atoms with E-state index in [9.17, 15) is 8.42 Å². The second kappa shape index (κ2) is 6.91. The molecule has 2 N–H and O–H groups in total. The first-order valence-electron chi connectivity index (χ1n) is 7.53. The Bertz CT molecular complexity index is 705. The van der Waals surface area contributed by atoms with Crippen molar-refractivity contribution in [1.82, 2.24) is 9.44 Å². The van der Waals surface area contributed by atoms with E-state index in [-0.39, 0.29) is 6.04 Å². The predicted molar refractivity (Wildman–Crippen MR) is 90.9 cm³/mol. The summed E-state index contributed by atoms with van der Waals surface area (Å²) >= 11 is 1.61. The number of nitrogens with one attached hydrogen (secondary N) is 2. The van der Waals surface area contributed by atoms with Crippen molar-refractivity contribution in [3.8, 4) is 10.4 Å². The molecular weight excluding hydrogens is 316 g/mol. The van der Waals surface area contributed by atoms with Gasteiger partial charge in [-0.15, -0.1) is 11.3 Å². The molecule has 1 aliphatic rings. The molecule has 3 rings (SSSR count). The van der Waals surface area contributed by atoms with Gasteiger partial charge in [0.1, 0.15) is 0 Å². The Balaban J connectivity index is 1.58. The third kappa shape index (κ3) is 4.16. The minimum Gasteiger partial charge on any atom is -0.199 e. The highest BCUT2D eigenvalue weighted by atomic mass is 32.2. The third-order valence-electron chi connectivity index (χ3n) is 3.83. The number of benzene rings is 1. The summed E-state index contributed by atoms with van der Waals surface area (Å²) in [5.41, 5.74) is 1.16. The standard InChI is InChI=1S/C16H20N2O2S2/c19-22(20,18-14-8-4-5-9-14)17-12-15-10-11-16(21-15)13-6-2-1-3-7-13/h1-3,6-7,10-11,14,17-18H,4-5,8-9,12H2. The van der Waals surface area contributed by atoms with E-state index in [4.69, 9.17) is 0 Å². The van der Waals surface area contributed by atoms with E-state index in [1.165, 1.54) is 0 Å². The lowest BCUT2D eigenvalue weighted by atomic mass is 10.2. The van der Waals surface area contributed by atoms with Gasteiger partial charge in [0.2, 0.25) is 0 Å². The molecular formula is C16H20N2O2S2. The molecule has 0 aliphatic heterocycles. The minimum atomic E-state index is -3.41. The van der Waals surface area contributed by atoms with Crippen molar-refractivity contribution in [3.05, 3.63) is 47.3 Å². The lowest BCUT2D eigenvalue weighted by Gasteiger charge is -2.12. The van der Waals surface area contributed by atoms with Gasteiger partial charge in [0.05, 0.1) is 0 Å². The van der Waals surface area contributed by atoms with Crippen LogP contribution in [0.25, 0.3) is 10.4 Å². The summed E-state index contributed by atoms with van der Waals surface area (Å²) in [5.74, 6) is 0. The molecule has 0 radical (unpaired) electrons. The maximum atomic E-state index is 12.0. The van der Waals surface area contributed by atoms with Crippen LogP contribution in [0.2, 0.25) is 0 Å². The summed E-state index contributed by atoms with van der Waals surface area (Å²) in [6, 6.07) is 14.2. The van der Waals surface area contributed by atoms with Gasteiger partial charge in [0.15, 0.2) is 0 Å². The zero-order valence-corrected chi connectivity index (χ0v) is 13.9. The van der Waals surface area contributed by atoms with Gasteiger partial charge < -0.3 is 0 Å². The Kier molecular flexibility index (Phi) is 4.93. The highest BCUT2D eigenvalue weighted by Crippen LogP contribution is 2.27. The minimum absolute atomic E-state index is 0.0979. The van der Waals surface area contributed by atoms with Crippen LogP contribution < -0.4 is 9.44 Å². The molecule has 1 heterocycles. The summed E-state index contributed by atoms with van der Waals surface area (Å²) in [4.78, 5) is 2.16. The quantitative estimate of drug-likeness (QED) is 0.850. The molecule has 1 aliphatic carbocycles. The highest BCUT2D eigenvalue weighted by Gasteiger charge is 2.20. The number of hydrogen-bond donors (Lipinski definition) is 2. The maximum Gasteiger partial charge on any atom is 0.277 e. The lowest BCUT2D eigenvalue weighted by molar-refractivity contribution is 0.539. The molecule has 6 heteroatoms. The monoisotopic (exact) mass is 336 g/mol. The second-order valence-corrected chi connectivity index (χ2v) is 8.26. The Labute approximate surface area is 135 Å². The van der Waals surface area contributed by atoms with Crippen LogP contribution in [0.4, 0.5) is 0 Å². The van der Waals surface area contributed by atoms with Crippen molar-refractivity contribution in [1.29, 1.82) is 0 Å². The molecule has 22 heavy (non-hydrogen) atoms. The lowest BCUT2D eigenvalue weighted by Crippen LogP contribution is -2.41. The SMILES string of the molecule is O=S(=O)(NCc1ccc(-c2ccccc2)s1)NC1CCCC1. The average molecular weight is 336 g/mol. The summed E-state index contributed by atoms with van der Waals surface area (Å²) < 4.78 is 29.4. The van der Waals surface area contributed by atoms with Gasteiger partial charge in [-0.1, -0.05) is 43.2 Å². The number of rotatable bonds is 6. The molecule has 0 atom stereocenters. The van der Waals surface area contributed by atoms with Gasteiger partial charge in [-0.25, -0.2) is 0 Å². The summed E-state index contributed by atoms with van der Waals surface area (Å²) in [7, 11) is -3.41. The van der Waals surface area contributed by atoms with E-state index in [2.05, 4.69) is 21.6 Å². The molecule has 118 valence electrons. The summed E-state index contributed by atoms with van der Waals surface area (Å²) in [6.07, 6.45) is 4.10. The average Bonchev–Trinajstić information content (AvgIpc) is 3.17. The van der Waals surface area contributed by atoms with Crippen molar-refractivity contribution in [2.45, 2.75) is 38.3 Å². The Hall–Kier alpha value is -1.21. The van der Waals surface area contributed by atoms with Crippen LogP contribution >= 0.6 is 11.3 Å². The van der Waals surface area contributed by atoms with Crippen molar-refractivity contribution in [2.75, 3.05) is 0 Å². The Morgan fingerprint density at radius 2 is 1.77 bits per heavy atom. The Morgan fingerprint density at radius 3 is 2.50 bits per heavy atom. The smallest absolute Gasteiger partial charge is 0.199 e. The van der Waals surface area contributed by atoms with E-state index in [0.29, 0.717) is 6.54 Å². The van der Waals surface area contributed by atoms with Gasteiger partial charge in [-0.05, 0) is 30.5 Å². The van der Waals surface area contributed by atoms with Crippen LogP contribution in [0.5, 0.6) is 0 Å². The fourth-order valence-electron chi connectivity index (χ4n) is 2.70. The van der Waals surface area contributed by atoms with E-state index in [1.807, 2.05) is 30.3 Å². The molecule has 4 nitrogen and oxygen atoms in total. The molecule has 0 amide bonds. The number of hydrogen-bond acceptors (Lipinski definition) is 3. The molecule has 2 aromatic rings. The van der Waals surface area contributed by atoms with Crippen LogP contribution in [0, 0.1) is 0 Å². The number of thiophene rings is 1. The Morgan fingerprint density at radius 1 is 1.05 bits per heavy atom. The molecule has 0 unspecified atom stereocenters. The first kappa shape index (κ1) is 15.7. The zero-order valence-electron chi connectivity index (χ0n) is 12.3. The van der Waals surface area contributed by atoms with Crippen LogP contribution in [-0.4, -0.2) is 14.5 Å². The molecule has 1 aromatic carbocycles. The summed E-state index contributed by atoms with van der Waals surface area (Å²) in [5, 5.41) is 0. The van der Waals surface area contributed by atoms with E-state index in [1.54, 1.807) is 11.3 Å². The fraction of sp³-hybridized carbons (Fsp3) is 0.375. The van der Waals surface area contributed by atoms with Gasteiger partial charge >= 0.3 is 0 Å². The van der Waals surface area contributed by atoms with Crippen LogP contribution in [0.15, 0.2) is 42.5 Å².